The molecule has 4 rings (SSSR count). The molecule has 0 amide bonds. The van der Waals surface area contributed by atoms with Crippen molar-refractivity contribution in [1.82, 2.24) is 0 Å². The van der Waals surface area contributed by atoms with Gasteiger partial charge in [-0.05, 0) is 105 Å². The van der Waals surface area contributed by atoms with Gasteiger partial charge >= 0.3 is 0 Å². The molecule has 0 radical (unpaired) electrons. The third-order valence-corrected chi connectivity index (χ3v) is 10.2. The Hall–Kier alpha value is -0.340. The fourth-order valence-electron chi connectivity index (χ4n) is 8.57. The second-order valence-corrected chi connectivity index (χ2v) is 12.5. The van der Waals surface area contributed by atoms with Crippen LogP contribution in [0, 0.1) is 40.4 Å². The minimum Gasteiger partial charge on any atom is -0.393 e. The number of hydrogen-bond donors (Lipinski definition) is 2. The van der Waals surface area contributed by atoms with E-state index >= 15 is 0 Å². The van der Waals surface area contributed by atoms with Crippen LogP contribution in [-0.2, 0) is 0 Å². The highest BCUT2D eigenvalue weighted by atomic mass is 16.3. The Morgan fingerprint density at radius 1 is 1.14 bits per heavy atom. The summed E-state index contributed by atoms with van der Waals surface area (Å²) in [5.41, 5.74) is 1.80. The van der Waals surface area contributed by atoms with Crippen molar-refractivity contribution in [2.45, 2.75) is 117 Å². The SMILES string of the molecule is CC(C)CCC[C@](C)(O)C1CCC2C3CCC4C[C@@H](O)CC[C@]4(C)C3=CC[C@@]21C. The second kappa shape index (κ2) is 7.66. The summed E-state index contributed by atoms with van der Waals surface area (Å²) in [5.74, 6) is 3.30. The van der Waals surface area contributed by atoms with Crippen LogP contribution in [0.2, 0.25) is 0 Å². The van der Waals surface area contributed by atoms with Crippen LogP contribution in [0.5, 0.6) is 0 Å². The first-order valence-corrected chi connectivity index (χ1v) is 12.7. The lowest BCUT2D eigenvalue weighted by molar-refractivity contribution is -0.0758. The van der Waals surface area contributed by atoms with Crippen LogP contribution in [0.4, 0.5) is 0 Å². The summed E-state index contributed by atoms with van der Waals surface area (Å²) in [5, 5.41) is 21.8. The van der Waals surface area contributed by atoms with Crippen LogP contribution < -0.4 is 0 Å². The first-order chi connectivity index (χ1) is 13.6. The van der Waals surface area contributed by atoms with E-state index in [9.17, 15) is 10.2 Å². The van der Waals surface area contributed by atoms with Gasteiger partial charge in [0.05, 0.1) is 11.7 Å². The molecule has 0 bridgehead atoms. The summed E-state index contributed by atoms with van der Waals surface area (Å²) in [6.45, 7) is 11.7. The van der Waals surface area contributed by atoms with Gasteiger partial charge in [0.25, 0.3) is 0 Å². The lowest BCUT2D eigenvalue weighted by atomic mass is 9.48. The zero-order chi connectivity index (χ0) is 21.0. The summed E-state index contributed by atoms with van der Waals surface area (Å²) in [6, 6.07) is 0. The van der Waals surface area contributed by atoms with Gasteiger partial charge in [-0.3, -0.25) is 0 Å². The monoisotopic (exact) mass is 402 g/mol. The number of allylic oxidation sites excluding steroid dienone is 2. The molecule has 2 N–H and O–H groups in total. The summed E-state index contributed by atoms with van der Waals surface area (Å²) >= 11 is 0. The predicted octanol–water partition coefficient (Wildman–Crippen LogP) is 6.50. The van der Waals surface area contributed by atoms with Gasteiger partial charge in [0.15, 0.2) is 0 Å². The zero-order valence-corrected chi connectivity index (χ0v) is 19.7. The molecule has 2 nitrogen and oxygen atoms in total. The van der Waals surface area contributed by atoms with Crippen LogP contribution >= 0.6 is 0 Å². The van der Waals surface area contributed by atoms with Gasteiger partial charge in [-0.1, -0.05) is 52.2 Å². The molecule has 4 aliphatic carbocycles. The van der Waals surface area contributed by atoms with E-state index in [-0.39, 0.29) is 11.5 Å². The number of hydrogen-bond acceptors (Lipinski definition) is 2. The minimum atomic E-state index is -0.528. The molecule has 0 aromatic carbocycles. The average Bonchev–Trinajstić information content (AvgIpc) is 3.00. The Balaban J connectivity index is 1.55. The van der Waals surface area contributed by atoms with E-state index in [2.05, 4.69) is 40.7 Å². The number of fused-ring (bicyclic) bond motifs is 5. The van der Waals surface area contributed by atoms with Crippen molar-refractivity contribution in [1.29, 1.82) is 0 Å². The Morgan fingerprint density at radius 2 is 1.90 bits per heavy atom. The highest BCUT2D eigenvalue weighted by Gasteiger charge is 2.59. The fourth-order valence-corrected chi connectivity index (χ4v) is 8.57. The van der Waals surface area contributed by atoms with E-state index in [0.717, 1.165) is 49.9 Å². The maximum absolute atomic E-state index is 11.5. The standard InChI is InChI=1S/C27H46O2/c1-18(2)7-6-14-27(5,29)24-11-10-22-21-9-8-19-17-20(28)12-15-25(19,3)23(21)13-16-26(22,24)4/h13,18-22,24,28-29H,6-12,14-17H2,1-5H3/t19?,20-,21?,22?,24?,25-,26-,27-/m0/s1. The lowest BCUT2D eigenvalue weighted by Gasteiger charge is -2.57. The van der Waals surface area contributed by atoms with E-state index in [0.29, 0.717) is 17.3 Å². The Labute approximate surface area is 179 Å². The molecule has 166 valence electrons. The normalized spacial score (nSPS) is 46.5. The van der Waals surface area contributed by atoms with Crippen LogP contribution in [0.25, 0.3) is 0 Å². The molecule has 0 heterocycles. The molecule has 2 heteroatoms. The van der Waals surface area contributed by atoms with Crippen LogP contribution in [0.3, 0.4) is 0 Å². The van der Waals surface area contributed by atoms with Crippen LogP contribution in [0.1, 0.15) is 105 Å². The molecular formula is C27H46O2. The van der Waals surface area contributed by atoms with Gasteiger partial charge in [-0.25, -0.2) is 0 Å². The summed E-state index contributed by atoms with van der Waals surface area (Å²) in [7, 11) is 0. The van der Waals surface area contributed by atoms with Crippen molar-refractivity contribution in [3.63, 3.8) is 0 Å². The van der Waals surface area contributed by atoms with Gasteiger partial charge < -0.3 is 10.2 Å². The van der Waals surface area contributed by atoms with Crippen molar-refractivity contribution in [3.05, 3.63) is 11.6 Å². The lowest BCUT2D eigenvalue weighted by Crippen LogP contribution is -2.51. The largest absolute Gasteiger partial charge is 0.393 e. The van der Waals surface area contributed by atoms with Crippen LogP contribution in [0.15, 0.2) is 11.6 Å². The minimum absolute atomic E-state index is 0.0733. The maximum atomic E-state index is 11.5. The summed E-state index contributed by atoms with van der Waals surface area (Å²) in [6.07, 6.45) is 15.3. The van der Waals surface area contributed by atoms with Crippen molar-refractivity contribution in [2.75, 3.05) is 0 Å². The van der Waals surface area contributed by atoms with E-state index in [4.69, 9.17) is 0 Å². The van der Waals surface area contributed by atoms with Crippen LogP contribution in [-0.4, -0.2) is 21.9 Å². The van der Waals surface area contributed by atoms with E-state index in [1.165, 1.54) is 38.5 Å². The number of rotatable bonds is 5. The quantitative estimate of drug-likeness (QED) is 0.515. The third-order valence-electron chi connectivity index (χ3n) is 10.2. The molecular weight excluding hydrogens is 356 g/mol. The van der Waals surface area contributed by atoms with Crippen molar-refractivity contribution in [3.8, 4) is 0 Å². The first-order valence-electron chi connectivity index (χ1n) is 12.7. The molecule has 4 unspecified atom stereocenters. The highest BCUT2D eigenvalue weighted by molar-refractivity contribution is 5.29. The molecule has 0 spiro atoms. The predicted molar refractivity (Wildman–Crippen MR) is 121 cm³/mol. The second-order valence-electron chi connectivity index (χ2n) is 12.5. The molecule has 3 saturated carbocycles. The van der Waals surface area contributed by atoms with Gasteiger partial charge in [-0.2, -0.15) is 0 Å². The molecule has 4 aliphatic rings. The molecule has 0 aromatic heterocycles. The van der Waals surface area contributed by atoms with Crippen molar-refractivity contribution < 1.29 is 10.2 Å². The fraction of sp³-hybridized carbons (Fsp3) is 0.926. The number of aliphatic hydroxyl groups excluding tert-OH is 1. The zero-order valence-electron chi connectivity index (χ0n) is 19.7. The first kappa shape index (κ1) is 21.9. The van der Waals surface area contributed by atoms with Gasteiger partial charge in [0.1, 0.15) is 0 Å². The molecule has 0 aromatic rings. The average molecular weight is 403 g/mol. The molecule has 29 heavy (non-hydrogen) atoms. The summed E-state index contributed by atoms with van der Waals surface area (Å²) in [4.78, 5) is 0. The smallest absolute Gasteiger partial charge is 0.0653 e. The van der Waals surface area contributed by atoms with Gasteiger partial charge in [0.2, 0.25) is 0 Å². The molecule has 0 aliphatic heterocycles. The summed E-state index contributed by atoms with van der Waals surface area (Å²) < 4.78 is 0. The molecule has 8 atom stereocenters. The topological polar surface area (TPSA) is 40.5 Å². The Kier molecular flexibility index (Phi) is 5.78. The van der Waals surface area contributed by atoms with E-state index in [1.54, 1.807) is 5.57 Å². The van der Waals surface area contributed by atoms with E-state index in [1.807, 2.05) is 0 Å². The third kappa shape index (κ3) is 3.65. The highest BCUT2D eigenvalue weighted by Crippen LogP contribution is 2.66. The Morgan fingerprint density at radius 3 is 2.62 bits per heavy atom. The number of aliphatic hydroxyl groups is 2. The van der Waals surface area contributed by atoms with Gasteiger partial charge in [-0.15, -0.1) is 0 Å². The molecule has 3 fully saturated rings. The van der Waals surface area contributed by atoms with Gasteiger partial charge in [0, 0.05) is 0 Å². The maximum Gasteiger partial charge on any atom is 0.0653 e. The van der Waals surface area contributed by atoms with Crippen molar-refractivity contribution >= 4 is 0 Å². The van der Waals surface area contributed by atoms with Crippen molar-refractivity contribution in [2.24, 2.45) is 40.4 Å². The Bertz CT molecular complexity index is 634. The van der Waals surface area contributed by atoms with E-state index < -0.39 is 5.60 Å². The molecule has 0 saturated heterocycles.